The molecule has 1 amide bonds. The molecule has 1 N–H and O–H groups in total. The van der Waals surface area contributed by atoms with Crippen LogP contribution in [0.1, 0.15) is 16.1 Å². The summed E-state index contributed by atoms with van der Waals surface area (Å²) in [6.45, 7) is 0. The van der Waals surface area contributed by atoms with Crippen LogP contribution in [0.25, 0.3) is 16.9 Å². The Morgan fingerprint density at radius 2 is 1.87 bits per heavy atom. The van der Waals surface area contributed by atoms with Crippen molar-refractivity contribution < 1.29 is 22.7 Å². The van der Waals surface area contributed by atoms with Crippen molar-refractivity contribution in [2.45, 2.75) is 6.18 Å². The van der Waals surface area contributed by atoms with Gasteiger partial charge in [0.15, 0.2) is 11.3 Å². The number of alkyl halides is 3. The summed E-state index contributed by atoms with van der Waals surface area (Å²) >= 11 is 0. The van der Waals surface area contributed by atoms with Crippen molar-refractivity contribution in [2.75, 3.05) is 12.4 Å². The van der Waals surface area contributed by atoms with Gasteiger partial charge in [-0.05, 0) is 24.3 Å². The van der Waals surface area contributed by atoms with Crippen LogP contribution in [0.4, 0.5) is 19.0 Å². The number of hydrogen-bond donors (Lipinski definition) is 1. The van der Waals surface area contributed by atoms with Gasteiger partial charge in [-0.2, -0.15) is 23.3 Å². The third-order valence-corrected chi connectivity index (χ3v) is 4.28. The van der Waals surface area contributed by atoms with Crippen LogP contribution in [0.5, 0.6) is 5.88 Å². The van der Waals surface area contributed by atoms with E-state index in [0.29, 0.717) is 11.5 Å². The molecule has 0 saturated heterocycles. The number of ether oxygens (including phenoxy) is 1. The molecule has 0 aliphatic rings. The number of aromatic nitrogens is 4. The Hall–Kier alpha value is -3.95. The summed E-state index contributed by atoms with van der Waals surface area (Å²) in [6.07, 6.45) is -3.25. The molecule has 3 heterocycles. The smallest absolute Gasteiger partial charge is 0.417 e. The van der Waals surface area contributed by atoms with Crippen LogP contribution in [0.3, 0.4) is 0 Å². The molecule has 10 heteroatoms. The van der Waals surface area contributed by atoms with E-state index in [4.69, 9.17) is 4.74 Å². The molecule has 0 spiro atoms. The third kappa shape index (κ3) is 3.66. The lowest BCUT2D eigenvalue weighted by Gasteiger charge is -2.12. The van der Waals surface area contributed by atoms with Crippen LogP contribution in [0.15, 0.2) is 60.8 Å². The lowest BCUT2D eigenvalue weighted by Crippen LogP contribution is -2.16. The summed E-state index contributed by atoms with van der Waals surface area (Å²) in [5, 5.41) is 6.82. The molecule has 0 saturated carbocycles. The van der Waals surface area contributed by atoms with Gasteiger partial charge in [0.1, 0.15) is 5.82 Å². The first kappa shape index (κ1) is 19.4. The number of hydrogen-bond acceptors (Lipinski definition) is 5. The normalized spacial score (nSPS) is 11.5. The van der Waals surface area contributed by atoms with Gasteiger partial charge in [0.2, 0.25) is 5.88 Å². The number of nitrogens with zero attached hydrogens (tertiary/aromatic N) is 4. The largest absolute Gasteiger partial charge is 0.481 e. The Labute approximate surface area is 168 Å². The second-order valence-electron chi connectivity index (χ2n) is 6.19. The molecule has 0 bridgehead atoms. The molecule has 0 unspecified atom stereocenters. The van der Waals surface area contributed by atoms with E-state index in [1.165, 1.54) is 48.2 Å². The Morgan fingerprint density at radius 3 is 2.63 bits per heavy atom. The number of pyridine rings is 1. The second-order valence-corrected chi connectivity index (χ2v) is 6.19. The highest BCUT2D eigenvalue weighted by Gasteiger charge is 2.33. The SMILES string of the molecule is COc1cccc(NC(=O)c2cnc3ccc(-c4ccccc4C(F)(F)F)nn23)n1. The summed E-state index contributed by atoms with van der Waals surface area (Å²) in [7, 11) is 1.45. The lowest BCUT2D eigenvalue weighted by molar-refractivity contribution is -0.137. The molecule has 1 aromatic carbocycles. The number of imidazole rings is 1. The Bertz CT molecular complexity index is 1240. The molecule has 4 aromatic rings. The summed E-state index contributed by atoms with van der Waals surface area (Å²) in [5.74, 6) is -0.0139. The first-order valence-corrected chi connectivity index (χ1v) is 8.70. The molecule has 30 heavy (non-hydrogen) atoms. The number of benzene rings is 1. The third-order valence-electron chi connectivity index (χ3n) is 4.28. The van der Waals surface area contributed by atoms with Crippen molar-refractivity contribution in [1.82, 2.24) is 19.6 Å². The number of halogens is 3. The second kappa shape index (κ2) is 7.47. The zero-order valence-corrected chi connectivity index (χ0v) is 15.5. The zero-order chi connectivity index (χ0) is 21.3. The minimum absolute atomic E-state index is 0.0426. The Kier molecular flexibility index (Phi) is 4.82. The number of fused-ring (bicyclic) bond motifs is 1. The van der Waals surface area contributed by atoms with E-state index in [0.717, 1.165) is 6.07 Å². The molecular formula is C20H14F3N5O2. The van der Waals surface area contributed by atoms with E-state index < -0.39 is 17.6 Å². The number of amides is 1. The number of carbonyl (C=O) groups is 1. The lowest BCUT2D eigenvalue weighted by atomic mass is 10.0. The predicted molar refractivity (Wildman–Crippen MR) is 102 cm³/mol. The maximum absolute atomic E-state index is 13.4. The maximum Gasteiger partial charge on any atom is 0.417 e. The number of carbonyl (C=O) groups excluding carboxylic acids is 1. The van der Waals surface area contributed by atoms with Crippen molar-refractivity contribution in [3.63, 3.8) is 0 Å². The fraction of sp³-hybridized carbons (Fsp3) is 0.100. The number of anilines is 1. The molecule has 0 radical (unpaired) electrons. The van der Waals surface area contributed by atoms with Crippen molar-refractivity contribution in [3.05, 3.63) is 72.1 Å². The van der Waals surface area contributed by atoms with Gasteiger partial charge < -0.3 is 10.1 Å². The first-order valence-electron chi connectivity index (χ1n) is 8.70. The van der Waals surface area contributed by atoms with Gasteiger partial charge in [-0.1, -0.05) is 24.3 Å². The highest BCUT2D eigenvalue weighted by atomic mass is 19.4. The van der Waals surface area contributed by atoms with Crippen LogP contribution in [0.2, 0.25) is 0 Å². The van der Waals surface area contributed by atoms with Crippen molar-refractivity contribution >= 4 is 17.4 Å². The number of nitrogens with one attached hydrogen (secondary N) is 1. The summed E-state index contributed by atoms with van der Waals surface area (Å²) in [6, 6.07) is 12.9. The van der Waals surface area contributed by atoms with E-state index in [9.17, 15) is 18.0 Å². The minimum atomic E-state index is -4.54. The topological polar surface area (TPSA) is 81.4 Å². The van der Waals surface area contributed by atoms with Crippen molar-refractivity contribution in [2.24, 2.45) is 0 Å². The molecule has 0 aliphatic heterocycles. The summed E-state index contributed by atoms with van der Waals surface area (Å²) < 4.78 is 46.3. The molecule has 7 nitrogen and oxygen atoms in total. The average molecular weight is 413 g/mol. The molecule has 4 rings (SSSR count). The van der Waals surface area contributed by atoms with Crippen LogP contribution in [-0.2, 0) is 6.18 Å². The maximum atomic E-state index is 13.4. The van der Waals surface area contributed by atoms with Gasteiger partial charge >= 0.3 is 6.18 Å². The fourth-order valence-corrected chi connectivity index (χ4v) is 2.90. The molecule has 0 aliphatic carbocycles. The van der Waals surface area contributed by atoms with Gasteiger partial charge in [0, 0.05) is 11.6 Å². The average Bonchev–Trinajstić information content (AvgIpc) is 3.16. The van der Waals surface area contributed by atoms with E-state index in [1.807, 2.05) is 0 Å². The van der Waals surface area contributed by atoms with E-state index >= 15 is 0 Å². The van der Waals surface area contributed by atoms with Crippen LogP contribution >= 0.6 is 0 Å². The summed E-state index contributed by atoms with van der Waals surface area (Å²) in [4.78, 5) is 20.9. The molecular weight excluding hydrogens is 399 g/mol. The quantitative estimate of drug-likeness (QED) is 0.546. The van der Waals surface area contributed by atoms with Gasteiger partial charge in [-0.3, -0.25) is 4.79 Å². The van der Waals surface area contributed by atoms with Gasteiger partial charge in [0.25, 0.3) is 5.91 Å². The highest BCUT2D eigenvalue weighted by molar-refractivity contribution is 6.02. The zero-order valence-electron chi connectivity index (χ0n) is 15.5. The van der Waals surface area contributed by atoms with E-state index in [2.05, 4.69) is 20.4 Å². The van der Waals surface area contributed by atoms with Crippen LogP contribution in [0, 0.1) is 0 Å². The van der Waals surface area contributed by atoms with Gasteiger partial charge in [-0.25, -0.2) is 9.50 Å². The van der Waals surface area contributed by atoms with Crippen LogP contribution < -0.4 is 10.1 Å². The highest BCUT2D eigenvalue weighted by Crippen LogP contribution is 2.36. The molecule has 0 atom stereocenters. The van der Waals surface area contributed by atoms with Gasteiger partial charge in [-0.15, -0.1) is 0 Å². The molecule has 0 fully saturated rings. The Morgan fingerprint density at radius 1 is 1.07 bits per heavy atom. The summed E-state index contributed by atoms with van der Waals surface area (Å²) in [5.41, 5.74) is -0.500. The van der Waals surface area contributed by atoms with Crippen molar-refractivity contribution in [3.8, 4) is 17.1 Å². The van der Waals surface area contributed by atoms with Gasteiger partial charge in [0.05, 0.1) is 24.6 Å². The Balaban J connectivity index is 1.73. The van der Waals surface area contributed by atoms with E-state index in [-0.39, 0.29) is 22.8 Å². The minimum Gasteiger partial charge on any atom is -0.481 e. The van der Waals surface area contributed by atoms with Crippen LogP contribution in [-0.4, -0.2) is 32.6 Å². The number of methoxy groups -OCH3 is 1. The number of rotatable bonds is 4. The first-order chi connectivity index (χ1) is 14.4. The predicted octanol–water partition coefficient (Wildman–Crippen LogP) is 4.07. The monoisotopic (exact) mass is 413 g/mol. The van der Waals surface area contributed by atoms with E-state index in [1.54, 1.807) is 18.2 Å². The molecule has 3 aromatic heterocycles. The molecule has 152 valence electrons. The standard InChI is InChI=1S/C20H14F3N5O2/c1-30-18-8-4-7-16(25-18)26-19(29)15-11-24-17-10-9-14(27-28(15)17)12-5-2-3-6-13(12)20(21,22)23/h2-11H,1H3,(H,25,26,29). The fourth-order valence-electron chi connectivity index (χ4n) is 2.90. The van der Waals surface area contributed by atoms with Crippen molar-refractivity contribution in [1.29, 1.82) is 0 Å².